The summed E-state index contributed by atoms with van der Waals surface area (Å²) in [5, 5.41) is 20.1. The maximum atomic E-state index is 5.65. The van der Waals surface area contributed by atoms with Crippen LogP contribution in [0.15, 0.2) is 59.8 Å². The molecule has 0 saturated carbocycles. The zero-order valence-electron chi connectivity index (χ0n) is 14.8. The van der Waals surface area contributed by atoms with Gasteiger partial charge >= 0.3 is 0 Å². The number of hydrogen-bond acceptors (Lipinski definition) is 8. The normalized spacial score (nSPS) is 13.5. The average molecular weight is 373 g/mol. The van der Waals surface area contributed by atoms with Gasteiger partial charge in [0.05, 0.1) is 6.61 Å². The van der Waals surface area contributed by atoms with Gasteiger partial charge in [-0.2, -0.15) is 0 Å². The summed E-state index contributed by atoms with van der Waals surface area (Å²) in [6, 6.07) is 17.5. The number of fused-ring (bicyclic) bond motifs is 4. The first-order valence-corrected chi connectivity index (χ1v) is 8.84. The molecule has 9 nitrogen and oxygen atoms in total. The fourth-order valence-electron chi connectivity index (χ4n) is 3.01. The Kier molecular flexibility index (Phi) is 4.09. The molecule has 0 bridgehead atoms. The molecule has 0 fully saturated rings. The highest BCUT2D eigenvalue weighted by Crippen LogP contribution is 2.34. The van der Waals surface area contributed by atoms with Crippen molar-refractivity contribution in [2.45, 2.75) is 6.42 Å². The highest BCUT2D eigenvalue weighted by molar-refractivity contribution is 6.22. The molecular weight excluding hydrogens is 358 g/mol. The van der Waals surface area contributed by atoms with Gasteiger partial charge in [0.2, 0.25) is 0 Å². The molecule has 0 radical (unpaired) electrons. The lowest BCUT2D eigenvalue weighted by Crippen LogP contribution is -2.07. The van der Waals surface area contributed by atoms with E-state index < -0.39 is 0 Å². The molecule has 0 aliphatic heterocycles. The summed E-state index contributed by atoms with van der Waals surface area (Å²) in [6.45, 7) is 0.976. The summed E-state index contributed by atoms with van der Waals surface area (Å²) in [7, 11) is 0. The Hall–Kier alpha value is -3.88. The molecule has 28 heavy (non-hydrogen) atoms. The van der Waals surface area contributed by atoms with Gasteiger partial charge < -0.3 is 9.57 Å². The third-order valence-corrected chi connectivity index (χ3v) is 4.28. The predicted molar refractivity (Wildman–Crippen MR) is 100.0 cm³/mol. The Labute approximate surface area is 159 Å². The monoisotopic (exact) mass is 373 g/mol. The number of hydrogen-bond donors (Lipinski definition) is 0. The fraction of sp³-hybridized carbons (Fsp3) is 0.158. The standard InChI is InChI=1S/C19H15N7O2/c1-2-7-13(8-3-1)27-11-6-12-28-23-17-15-10-5-4-9-14(15)16-18(17)20-19-21-24-25-26(19)22-16/h1-5,7-10H,6,11-12H2. The minimum absolute atomic E-state index is 0.315. The number of nitrogens with zero attached hydrogens (tertiary/aromatic N) is 7. The molecule has 9 heteroatoms. The van der Waals surface area contributed by atoms with Gasteiger partial charge in [0.15, 0.2) is 0 Å². The molecule has 4 aromatic rings. The molecule has 0 saturated heterocycles. The summed E-state index contributed by atoms with van der Waals surface area (Å²) in [5.41, 5.74) is 3.78. The molecule has 2 heterocycles. The van der Waals surface area contributed by atoms with Crippen LogP contribution < -0.4 is 4.74 Å². The lowest BCUT2D eigenvalue weighted by atomic mass is 10.1. The van der Waals surface area contributed by atoms with E-state index >= 15 is 0 Å². The van der Waals surface area contributed by atoms with Crippen LogP contribution >= 0.6 is 0 Å². The zero-order chi connectivity index (χ0) is 18.8. The molecule has 2 aromatic heterocycles. The molecule has 138 valence electrons. The summed E-state index contributed by atoms with van der Waals surface area (Å²) in [4.78, 5) is 10.0. The average Bonchev–Trinajstić information content (AvgIpc) is 3.32. The maximum Gasteiger partial charge on any atom is 0.292 e. The Balaban J connectivity index is 1.32. The van der Waals surface area contributed by atoms with Crippen LogP contribution in [0, 0.1) is 0 Å². The quantitative estimate of drug-likeness (QED) is 0.332. The topological polar surface area (TPSA) is 99.7 Å². The number of rotatable bonds is 6. The van der Waals surface area contributed by atoms with Gasteiger partial charge in [-0.1, -0.05) is 57.3 Å². The van der Waals surface area contributed by atoms with Gasteiger partial charge in [0, 0.05) is 17.5 Å². The van der Waals surface area contributed by atoms with Crippen molar-refractivity contribution in [1.82, 2.24) is 30.2 Å². The highest BCUT2D eigenvalue weighted by atomic mass is 16.6. The third-order valence-electron chi connectivity index (χ3n) is 4.28. The van der Waals surface area contributed by atoms with Crippen molar-refractivity contribution >= 4 is 11.5 Å². The lowest BCUT2D eigenvalue weighted by Gasteiger charge is -2.05. The maximum absolute atomic E-state index is 5.65. The second-order valence-corrected chi connectivity index (χ2v) is 6.11. The molecule has 5 rings (SSSR count). The number of aromatic nitrogens is 6. The molecule has 1 aliphatic carbocycles. The van der Waals surface area contributed by atoms with Crippen molar-refractivity contribution in [1.29, 1.82) is 0 Å². The molecule has 0 amide bonds. The highest BCUT2D eigenvalue weighted by Gasteiger charge is 2.29. The van der Waals surface area contributed by atoms with E-state index in [0.717, 1.165) is 16.9 Å². The van der Waals surface area contributed by atoms with Gasteiger partial charge in [0.25, 0.3) is 5.78 Å². The summed E-state index contributed by atoms with van der Waals surface area (Å²) >= 11 is 0. The van der Waals surface area contributed by atoms with E-state index in [9.17, 15) is 0 Å². The van der Waals surface area contributed by atoms with Crippen molar-refractivity contribution in [2.24, 2.45) is 5.16 Å². The Morgan fingerprint density at radius 1 is 0.893 bits per heavy atom. The molecular formula is C19H15N7O2. The number of benzene rings is 2. The number of para-hydroxylation sites is 1. The smallest absolute Gasteiger partial charge is 0.292 e. The first kappa shape index (κ1) is 16.3. The van der Waals surface area contributed by atoms with Gasteiger partial charge in [-0.3, -0.25) is 0 Å². The fourth-order valence-corrected chi connectivity index (χ4v) is 3.01. The minimum Gasteiger partial charge on any atom is -0.493 e. The van der Waals surface area contributed by atoms with Crippen LogP contribution in [0.4, 0.5) is 0 Å². The second-order valence-electron chi connectivity index (χ2n) is 6.11. The lowest BCUT2D eigenvalue weighted by molar-refractivity contribution is 0.128. The van der Waals surface area contributed by atoms with Crippen molar-refractivity contribution in [2.75, 3.05) is 13.2 Å². The SMILES string of the molecule is c1ccc(OCCCON=C2c3ccccc3-c3nn4nnnc4nc32)cc1. The number of oxime groups is 1. The predicted octanol–water partition coefficient (Wildman–Crippen LogP) is 2.13. The van der Waals surface area contributed by atoms with Gasteiger partial charge in [-0.05, 0) is 22.6 Å². The summed E-state index contributed by atoms with van der Waals surface area (Å²) < 4.78 is 6.96. The van der Waals surface area contributed by atoms with E-state index in [1.54, 1.807) is 0 Å². The minimum atomic E-state index is 0.315. The van der Waals surface area contributed by atoms with Crippen LogP contribution in [0.3, 0.4) is 0 Å². The van der Waals surface area contributed by atoms with Crippen LogP contribution in [-0.4, -0.2) is 49.2 Å². The summed E-state index contributed by atoms with van der Waals surface area (Å²) in [6.07, 6.45) is 0.707. The van der Waals surface area contributed by atoms with Crippen LogP contribution in [0.1, 0.15) is 17.7 Å². The molecule has 0 N–H and O–H groups in total. The van der Waals surface area contributed by atoms with E-state index in [1.807, 2.05) is 54.6 Å². The first-order valence-electron chi connectivity index (χ1n) is 8.84. The van der Waals surface area contributed by atoms with Gasteiger partial charge in [0.1, 0.15) is 29.5 Å². The first-order chi connectivity index (χ1) is 13.9. The van der Waals surface area contributed by atoms with E-state index in [-0.39, 0.29) is 0 Å². The molecule has 0 unspecified atom stereocenters. The zero-order valence-corrected chi connectivity index (χ0v) is 14.8. The van der Waals surface area contributed by atoms with Gasteiger partial charge in [-0.15, -0.1) is 5.10 Å². The van der Waals surface area contributed by atoms with E-state index in [4.69, 9.17) is 9.57 Å². The Morgan fingerprint density at radius 3 is 2.61 bits per heavy atom. The van der Waals surface area contributed by atoms with E-state index in [2.05, 4.69) is 30.8 Å². The van der Waals surface area contributed by atoms with Crippen molar-refractivity contribution in [3.63, 3.8) is 0 Å². The van der Waals surface area contributed by atoms with Crippen molar-refractivity contribution in [3.05, 3.63) is 65.9 Å². The van der Waals surface area contributed by atoms with Crippen LogP contribution in [0.25, 0.3) is 17.0 Å². The second kappa shape index (κ2) is 7.03. The Morgan fingerprint density at radius 2 is 1.71 bits per heavy atom. The van der Waals surface area contributed by atoms with Crippen LogP contribution in [0.5, 0.6) is 5.75 Å². The molecule has 0 atom stereocenters. The van der Waals surface area contributed by atoms with Crippen molar-refractivity contribution in [3.8, 4) is 17.0 Å². The molecule has 1 aliphatic rings. The molecule has 2 aromatic carbocycles. The Bertz CT molecular complexity index is 1160. The molecule has 0 spiro atoms. The third kappa shape index (κ3) is 2.92. The summed E-state index contributed by atoms with van der Waals surface area (Å²) in [5.74, 6) is 1.16. The number of ether oxygens (including phenoxy) is 1. The van der Waals surface area contributed by atoms with Crippen LogP contribution in [-0.2, 0) is 4.84 Å². The van der Waals surface area contributed by atoms with E-state index in [1.165, 1.54) is 4.63 Å². The van der Waals surface area contributed by atoms with Crippen molar-refractivity contribution < 1.29 is 9.57 Å². The van der Waals surface area contributed by atoms with Gasteiger partial charge in [-0.25, -0.2) is 4.98 Å². The van der Waals surface area contributed by atoms with E-state index in [0.29, 0.717) is 42.5 Å². The largest absolute Gasteiger partial charge is 0.493 e. The number of tetrazole rings is 1. The van der Waals surface area contributed by atoms with Crippen LogP contribution in [0.2, 0.25) is 0 Å².